The summed E-state index contributed by atoms with van der Waals surface area (Å²) in [6.07, 6.45) is 40.8. The number of benzene rings is 6. The van der Waals surface area contributed by atoms with E-state index in [1.54, 1.807) is 145 Å². The average Bonchev–Trinajstić information content (AvgIpc) is 1.61. The van der Waals surface area contributed by atoms with Gasteiger partial charge in [-0.2, -0.15) is 0 Å². The van der Waals surface area contributed by atoms with Crippen LogP contribution in [0.4, 0.5) is 0 Å². The Balaban J connectivity index is 0.0000000858. The van der Waals surface area contributed by atoms with E-state index in [0.29, 0.717) is 11.2 Å². The summed E-state index contributed by atoms with van der Waals surface area (Å²) in [6, 6.07) is 51.0. The van der Waals surface area contributed by atoms with E-state index in [1.807, 2.05) is 104 Å². The second kappa shape index (κ2) is 31.0. The lowest BCUT2D eigenvalue weighted by molar-refractivity contribution is 0.664. The number of fused-ring (bicyclic) bond motifs is 29. The highest BCUT2D eigenvalue weighted by molar-refractivity contribution is 7.27. The lowest BCUT2D eigenvalue weighted by Gasteiger charge is -1.97. The minimum Gasteiger partial charge on any atom is -0.453 e. The molecule has 0 unspecified atom stereocenters. The van der Waals surface area contributed by atoms with Gasteiger partial charge in [0.2, 0.25) is 0 Å². The van der Waals surface area contributed by atoms with Crippen molar-refractivity contribution in [3.05, 3.63) is 301 Å². The van der Waals surface area contributed by atoms with Crippen LogP contribution in [-0.4, -0.2) is 105 Å². The minimum absolute atomic E-state index is 0.677. The molecule has 550 valence electrons. The van der Waals surface area contributed by atoms with Crippen molar-refractivity contribution in [2.24, 2.45) is 0 Å². The molecule has 116 heavy (non-hydrogen) atoms. The maximum atomic E-state index is 5.84. The number of thiophene rings is 4. The van der Waals surface area contributed by atoms with E-state index in [9.17, 15) is 0 Å². The van der Waals surface area contributed by atoms with Crippen molar-refractivity contribution >= 4 is 247 Å². The molecule has 0 bridgehead atoms. The Labute approximate surface area is 666 Å². The van der Waals surface area contributed by atoms with Crippen molar-refractivity contribution in [1.29, 1.82) is 0 Å². The number of hydrogen-bond donors (Lipinski definition) is 0. The van der Waals surface area contributed by atoms with Gasteiger partial charge >= 0.3 is 0 Å². The smallest absolute Gasteiger partial charge is 0.173 e. The van der Waals surface area contributed by atoms with E-state index in [0.717, 1.165) is 149 Å². The Morgan fingerprint density at radius 2 is 0.629 bits per heavy atom. The van der Waals surface area contributed by atoms with Crippen LogP contribution >= 0.6 is 45.3 Å². The van der Waals surface area contributed by atoms with Crippen LogP contribution in [0.15, 0.2) is 319 Å². The highest BCUT2D eigenvalue weighted by Crippen LogP contribution is 2.39. The third-order valence-electron chi connectivity index (χ3n) is 18.6. The molecular formula is C87H49N21O4S4. The normalized spacial score (nSPS) is 11.3. The molecule has 0 aliphatic rings. The van der Waals surface area contributed by atoms with Crippen molar-refractivity contribution in [1.82, 2.24) is 105 Å². The molecule has 0 saturated heterocycles. The number of aromatic nitrogens is 21. The van der Waals surface area contributed by atoms with Gasteiger partial charge in [0.25, 0.3) is 0 Å². The topological polar surface area (TPSA) is 323 Å². The van der Waals surface area contributed by atoms with E-state index >= 15 is 0 Å². The van der Waals surface area contributed by atoms with E-state index in [4.69, 9.17) is 17.7 Å². The van der Waals surface area contributed by atoms with Gasteiger partial charge in [-0.15, -0.1) is 45.3 Å². The van der Waals surface area contributed by atoms with E-state index < -0.39 is 0 Å². The van der Waals surface area contributed by atoms with Crippen molar-refractivity contribution in [2.75, 3.05) is 0 Å². The van der Waals surface area contributed by atoms with Crippen LogP contribution in [-0.2, 0) is 0 Å². The molecule has 0 amide bonds. The Hall–Kier alpha value is -15.4. The largest absolute Gasteiger partial charge is 0.453 e. The first-order chi connectivity index (χ1) is 57.5. The molecule has 0 fully saturated rings. The molecule has 0 atom stereocenters. The van der Waals surface area contributed by atoms with Gasteiger partial charge in [0.15, 0.2) is 27.9 Å². The maximum Gasteiger partial charge on any atom is 0.173 e. The zero-order chi connectivity index (χ0) is 77.1. The molecule has 0 spiro atoms. The SMILES string of the molecule is c1cc2c(cn1)sc1cncnc12.c1cc2oc3cncnc3c2cn1.c1cc2sc3cncnc3c2cn1.c1ccc2c(c1)ccc1c3ncncc3oc21.c1ccc2c(c1)ccc1c3ncncc3sc21.c1ccc2cc3c(cc2c1)oc1cncnc13.c1cnc2c(c1)oc1cncnc12.c1cnc2c(c1)sc1cncnc12. The summed E-state index contributed by atoms with van der Waals surface area (Å²) >= 11 is 6.81. The quantitative estimate of drug-likeness (QED) is 0.136. The maximum absolute atomic E-state index is 5.84. The van der Waals surface area contributed by atoms with E-state index in [2.05, 4.69) is 190 Å². The molecule has 27 aromatic rings. The highest BCUT2D eigenvalue weighted by Gasteiger charge is 2.15. The molecule has 0 aliphatic heterocycles. The Morgan fingerprint density at radius 1 is 0.190 bits per heavy atom. The predicted octanol–water partition coefficient (Wildman–Crippen LogP) is 21.3. The van der Waals surface area contributed by atoms with Crippen molar-refractivity contribution < 1.29 is 17.7 Å². The van der Waals surface area contributed by atoms with Gasteiger partial charge in [0.1, 0.15) is 106 Å². The summed E-state index contributed by atoms with van der Waals surface area (Å²) in [7, 11) is 0. The van der Waals surface area contributed by atoms with Crippen LogP contribution in [0.1, 0.15) is 0 Å². The molecule has 27 rings (SSSR count). The van der Waals surface area contributed by atoms with E-state index in [1.165, 1.54) is 54.4 Å². The summed E-state index contributed by atoms with van der Waals surface area (Å²) < 4.78 is 31.9. The minimum atomic E-state index is 0.677. The van der Waals surface area contributed by atoms with Crippen LogP contribution in [0, 0.1) is 0 Å². The highest BCUT2D eigenvalue weighted by atomic mass is 32.1. The first kappa shape index (κ1) is 69.7. The lowest BCUT2D eigenvalue weighted by atomic mass is 10.1. The number of nitrogens with zero attached hydrogens (tertiary/aromatic N) is 21. The van der Waals surface area contributed by atoms with Gasteiger partial charge in [0, 0.05) is 116 Å². The van der Waals surface area contributed by atoms with E-state index in [-0.39, 0.29) is 0 Å². The van der Waals surface area contributed by atoms with Gasteiger partial charge in [-0.1, -0.05) is 91.0 Å². The zero-order valence-corrected chi connectivity index (χ0v) is 63.2. The summed E-state index contributed by atoms with van der Waals surface area (Å²) in [5.74, 6) is 0. The van der Waals surface area contributed by atoms with Crippen molar-refractivity contribution in [2.45, 2.75) is 0 Å². The van der Waals surface area contributed by atoms with Crippen LogP contribution in [0.5, 0.6) is 0 Å². The summed E-state index contributed by atoms with van der Waals surface area (Å²) in [5.41, 5.74) is 15.3. The summed E-state index contributed by atoms with van der Waals surface area (Å²) in [6.45, 7) is 0. The monoisotopic (exact) mass is 1580 g/mol. The van der Waals surface area contributed by atoms with Gasteiger partial charge in [-0.25, -0.2) is 79.7 Å². The summed E-state index contributed by atoms with van der Waals surface area (Å²) in [5, 5.41) is 13.8. The van der Waals surface area contributed by atoms with Crippen molar-refractivity contribution in [3.8, 4) is 0 Å². The molecule has 0 N–H and O–H groups in total. The molecule has 21 aromatic heterocycles. The fraction of sp³-hybridized carbons (Fsp3) is 0. The second-order valence-corrected chi connectivity index (χ2v) is 29.8. The third kappa shape index (κ3) is 13.6. The fourth-order valence-corrected chi connectivity index (χ4v) is 17.6. The lowest BCUT2D eigenvalue weighted by Crippen LogP contribution is -1.77. The average molecular weight is 1580 g/mol. The fourth-order valence-electron chi connectivity index (χ4n) is 13.5. The number of furan rings is 4. The van der Waals surface area contributed by atoms with Gasteiger partial charge in [0.05, 0.1) is 74.9 Å². The Bertz CT molecular complexity index is 7250. The summed E-state index contributed by atoms with van der Waals surface area (Å²) in [4.78, 5) is 86.2. The van der Waals surface area contributed by atoms with Crippen LogP contribution in [0.3, 0.4) is 0 Å². The number of pyridine rings is 5. The van der Waals surface area contributed by atoms with Crippen molar-refractivity contribution in [3.63, 3.8) is 0 Å². The van der Waals surface area contributed by atoms with Crippen LogP contribution in [0.25, 0.3) is 202 Å². The Kier molecular flexibility index (Phi) is 18.7. The molecule has 0 radical (unpaired) electrons. The molecule has 0 saturated carbocycles. The predicted molar refractivity (Wildman–Crippen MR) is 458 cm³/mol. The molecule has 0 aliphatic carbocycles. The van der Waals surface area contributed by atoms with Gasteiger partial charge < -0.3 is 17.7 Å². The molecule has 6 aromatic carbocycles. The number of hydrogen-bond acceptors (Lipinski definition) is 29. The third-order valence-corrected chi connectivity index (χ3v) is 23.0. The Morgan fingerprint density at radius 3 is 1.34 bits per heavy atom. The standard InChI is InChI=1S/2C14H8N2O.C14H8N2S.2C9H5N3O.3C9H5N3S/c1-2-4-10-6-12-11(5-9(10)3-1)14-13(17-12)7-15-8-16-14;2*1-2-4-10-9(3-1)5-6-11-13-12(17-14(10)11)7-15-8-16-13;1-2-10-3-6-7(1)13-8-4-11-5-12-9(6)8;1-2-6-8(11-3-1)9-7(13-6)4-10-5-12-9;1-2-10-3-6-7(1)13-8-4-11-5-12-9(6)8;1-2-10-3-7-6(1)9-8(13-7)4-11-5-12-9;1-2-6-8(11-3-1)9-7(13-6)4-10-5-12-9/h3*1-8H;5*1-5H. The molecule has 29 heteroatoms. The van der Waals surface area contributed by atoms with Crippen LogP contribution in [0.2, 0.25) is 0 Å². The zero-order valence-electron chi connectivity index (χ0n) is 59.9. The first-order valence-corrected chi connectivity index (χ1v) is 38.9. The molecule has 21 heterocycles. The number of rotatable bonds is 0. The second-order valence-electron chi connectivity index (χ2n) is 25.5. The van der Waals surface area contributed by atoms with Gasteiger partial charge in [-0.3, -0.25) is 24.9 Å². The first-order valence-electron chi connectivity index (χ1n) is 35.7. The molecular weight excluding hydrogens is 1530 g/mol. The van der Waals surface area contributed by atoms with Crippen LogP contribution < -0.4 is 0 Å². The van der Waals surface area contributed by atoms with Gasteiger partial charge in [-0.05, 0) is 87.6 Å². The molecule has 25 nitrogen and oxygen atoms in total.